The molecular weight excluding hydrogens is 349 g/mol. The van der Waals surface area contributed by atoms with Gasteiger partial charge >= 0.3 is 6.36 Å². The summed E-state index contributed by atoms with van der Waals surface area (Å²) in [4.78, 5) is 25.5. The van der Waals surface area contributed by atoms with Gasteiger partial charge in [-0.15, -0.1) is 13.2 Å². The Bertz CT molecular complexity index is 664. The third-order valence-corrected chi connectivity index (χ3v) is 3.09. The molecule has 0 saturated carbocycles. The first-order chi connectivity index (χ1) is 11.9. The molecule has 0 aliphatic heterocycles. The minimum absolute atomic E-state index is 0.105. The highest BCUT2D eigenvalue weighted by Gasteiger charge is 2.31. The molecule has 1 aromatic carbocycles. The van der Waals surface area contributed by atoms with Crippen molar-refractivity contribution in [2.24, 2.45) is 0 Å². The molecule has 0 aliphatic carbocycles. The third-order valence-electron chi connectivity index (χ3n) is 3.09. The van der Waals surface area contributed by atoms with E-state index in [4.69, 9.17) is 0 Å². The Morgan fingerprint density at radius 3 is 2.35 bits per heavy atom. The number of para-hydroxylation sites is 1. The highest BCUT2D eigenvalue weighted by atomic mass is 19.4. The summed E-state index contributed by atoms with van der Waals surface area (Å²) < 4.78 is 41.2. The lowest BCUT2D eigenvalue weighted by molar-refractivity contribution is -0.274. The smallest absolute Gasteiger partial charge is 0.405 e. The number of likely N-dealkylation sites (N-methyl/N-ethyl adjacent to an activating group) is 1. The van der Waals surface area contributed by atoms with E-state index in [2.05, 4.69) is 10.1 Å². The standard InChI is InChI=1S/C18H23F3N2O3/c1-5-23(12-15(24)22-17(2,3)4)16(25)11-10-13-8-6-7-9-14(13)26-18(19,20)21/h6-11H,5,12H2,1-4H3,(H,22,24)/b11-10+. The molecule has 0 radical (unpaired) electrons. The number of ether oxygens (including phenoxy) is 1. The summed E-state index contributed by atoms with van der Waals surface area (Å²) in [5.74, 6) is -1.21. The largest absolute Gasteiger partial charge is 0.573 e. The fourth-order valence-electron chi connectivity index (χ4n) is 2.08. The van der Waals surface area contributed by atoms with E-state index in [9.17, 15) is 22.8 Å². The van der Waals surface area contributed by atoms with E-state index in [1.807, 2.05) is 20.8 Å². The van der Waals surface area contributed by atoms with Crippen molar-refractivity contribution < 1.29 is 27.5 Å². The van der Waals surface area contributed by atoms with Crippen LogP contribution in [0.5, 0.6) is 5.75 Å². The predicted octanol–water partition coefficient (Wildman–Crippen LogP) is 3.36. The van der Waals surface area contributed by atoms with Gasteiger partial charge in [0.05, 0.1) is 6.54 Å². The van der Waals surface area contributed by atoms with E-state index in [1.165, 1.54) is 29.2 Å². The van der Waals surface area contributed by atoms with Crippen molar-refractivity contribution in [2.45, 2.75) is 39.6 Å². The average molecular weight is 372 g/mol. The topological polar surface area (TPSA) is 58.6 Å². The maximum Gasteiger partial charge on any atom is 0.573 e. The SMILES string of the molecule is CCN(CC(=O)NC(C)(C)C)C(=O)/C=C/c1ccccc1OC(F)(F)F. The van der Waals surface area contributed by atoms with Crippen LogP contribution in [0.1, 0.15) is 33.3 Å². The van der Waals surface area contributed by atoms with Crippen LogP contribution in [0.15, 0.2) is 30.3 Å². The van der Waals surface area contributed by atoms with Crippen LogP contribution in [0.2, 0.25) is 0 Å². The summed E-state index contributed by atoms with van der Waals surface area (Å²) in [5, 5.41) is 2.75. The Morgan fingerprint density at radius 1 is 1.19 bits per heavy atom. The van der Waals surface area contributed by atoms with Gasteiger partial charge < -0.3 is 15.0 Å². The van der Waals surface area contributed by atoms with Crippen molar-refractivity contribution in [3.63, 3.8) is 0 Å². The van der Waals surface area contributed by atoms with Crippen molar-refractivity contribution in [3.05, 3.63) is 35.9 Å². The zero-order chi connectivity index (χ0) is 20.0. The zero-order valence-corrected chi connectivity index (χ0v) is 15.2. The van der Waals surface area contributed by atoms with Crippen LogP contribution in [-0.4, -0.2) is 41.7 Å². The normalized spacial score (nSPS) is 12.1. The van der Waals surface area contributed by atoms with Crippen LogP contribution in [0, 0.1) is 0 Å². The summed E-state index contributed by atoms with van der Waals surface area (Å²) >= 11 is 0. The number of hydrogen-bond donors (Lipinski definition) is 1. The van der Waals surface area contributed by atoms with Gasteiger partial charge in [0.1, 0.15) is 5.75 Å². The Hall–Kier alpha value is -2.51. The number of rotatable bonds is 6. The number of halogens is 3. The Morgan fingerprint density at radius 2 is 1.81 bits per heavy atom. The quantitative estimate of drug-likeness (QED) is 0.779. The molecule has 0 aromatic heterocycles. The van der Waals surface area contributed by atoms with Gasteiger partial charge in [0.2, 0.25) is 11.8 Å². The summed E-state index contributed by atoms with van der Waals surface area (Å²) in [6.07, 6.45) is -2.48. The molecule has 0 bridgehead atoms. The van der Waals surface area contributed by atoms with Crippen LogP contribution >= 0.6 is 0 Å². The number of benzene rings is 1. The van der Waals surface area contributed by atoms with Gasteiger partial charge in [-0.3, -0.25) is 9.59 Å². The number of nitrogens with one attached hydrogen (secondary N) is 1. The Kier molecular flexibility index (Phi) is 7.23. The first-order valence-electron chi connectivity index (χ1n) is 8.04. The molecule has 1 N–H and O–H groups in total. The molecule has 1 aromatic rings. The van der Waals surface area contributed by atoms with Gasteiger partial charge in [-0.1, -0.05) is 18.2 Å². The molecule has 0 fully saturated rings. The van der Waals surface area contributed by atoms with Crippen molar-refractivity contribution in [1.29, 1.82) is 0 Å². The molecule has 8 heteroatoms. The van der Waals surface area contributed by atoms with E-state index < -0.39 is 23.6 Å². The fraction of sp³-hybridized carbons (Fsp3) is 0.444. The van der Waals surface area contributed by atoms with Crippen molar-refractivity contribution in [1.82, 2.24) is 10.2 Å². The van der Waals surface area contributed by atoms with Gasteiger partial charge in [-0.25, -0.2) is 0 Å². The minimum Gasteiger partial charge on any atom is -0.405 e. The molecule has 5 nitrogen and oxygen atoms in total. The average Bonchev–Trinajstić information content (AvgIpc) is 2.48. The second-order valence-corrected chi connectivity index (χ2v) is 6.57. The monoisotopic (exact) mass is 372 g/mol. The second kappa shape index (κ2) is 8.73. The highest BCUT2D eigenvalue weighted by Crippen LogP contribution is 2.27. The summed E-state index contributed by atoms with van der Waals surface area (Å²) in [7, 11) is 0. The number of carbonyl (C=O) groups is 2. The maximum atomic E-state index is 12.4. The van der Waals surface area contributed by atoms with E-state index >= 15 is 0 Å². The molecule has 0 atom stereocenters. The molecule has 144 valence electrons. The molecule has 2 amide bonds. The third kappa shape index (κ3) is 8.04. The van der Waals surface area contributed by atoms with Crippen molar-refractivity contribution >= 4 is 17.9 Å². The van der Waals surface area contributed by atoms with Crippen molar-refractivity contribution in [3.8, 4) is 5.75 Å². The minimum atomic E-state index is -4.82. The van der Waals surface area contributed by atoms with Gasteiger partial charge in [0.15, 0.2) is 0 Å². The molecule has 0 saturated heterocycles. The number of hydrogen-bond acceptors (Lipinski definition) is 3. The number of amides is 2. The molecule has 0 unspecified atom stereocenters. The summed E-state index contributed by atoms with van der Waals surface area (Å²) in [6.45, 7) is 7.30. The number of alkyl halides is 3. The molecule has 0 spiro atoms. The van der Waals surface area contributed by atoms with Crippen LogP contribution < -0.4 is 10.1 Å². The summed E-state index contributed by atoms with van der Waals surface area (Å²) in [5.41, 5.74) is -0.322. The van der Waals surface area contributed by atoms with E-state index in [0.29, 0.717) is 0 Å². The van der Waals surface area contributed by atoms with Crippen molar-refractivity contribution in [2.75, 3.05) is 13.1 Å². The Balaban J connectivity index is 2.83. The fourth-order valence-corrected chi connectivity index (χ4v) is 2.08. The predicted molar refractivity (Wildman–Crippen MR) is 92.3 cm³/mol. The lowest BCUT2D eigenvalue weighted by Crippen LogP contribution is -2.47. The molecule has 0 aliphatic rings. The van der Waals surface area contributed by atoms with E-state index in [0.717, 1.165) is 12.1 Å². The van der Waals surface area contributed by atoms with Gasteiger partial charge in [-0.05, 0) is 39.8 Å². The lowest BCUT2D eigenvalue weighted by Gasteiger charge is -2.24. The first-order valence-corrected chi connectivity index (χ1v) is 8.04. The number of nitrogens with zero attached hydrogens (tertiary/aromatic N) is 1. The lowest BCUT2D eigenvalue weighted by atomic mass is 10.1. The summed E-state index contributed by atoms with van der Waals surface area (Å²) in [6, 6.07) is 5.48. The van der Waals surface area contributed by atoms with Crippen LogP contribution in [-0.2, 0) is 9.59 Å². The van der Waals surface area contributed by atoms with Crippen LogP contribution in [0.25, 0.3) is 6.08 Å². The Labute approximate surface area is 150 Å². The van der Waals surface area contributed by atoms with Gasteiger partial charge in [0.25, 0.3) is 0 Å². The number of carbonyl (C=O) groups excluding carboxylic acids is 2. The van der Waals surface area contributed by atoms with Gasteiger partial charge in [0, 0.05) is 23.7 Å². The zero-order valence-electron chi connectivity index (χ0n) is 15.2. The molecule has 0 heterocycles. The molecule has 1 rings (SSSR count). The second-order valence-electron chi connectivity index (χ2n) is 6.57. The molecular formula is C18H23F3N2O3. The van der Waals surface area contributed by atoms with Crippen LogP contribution in [0.3, 0.4) is 0 Å². The van der Waals surface area contributed by atoms with Crippen LogP contribution in [0.4, 0.5) is 13.2 Å². The van der Waals surface area contributed by atoms with E-state index in [-0.39, 0.29) is 24.6 Å². The highest BCUT2D eigenvalue weighted by molar-refractivity contribution is 5.94. The first kappa shape index (κ1) is 21.5. The van der Waals surface area contributed by atoms with Gasteiger partial charge in [-0.2, -0.15) is 0 Å². The molecule has 26 heavy (non-hydrogen) atoms. The van der Waals surface area contributed by atoms with E-state index in [1.54, 1.807) is 6.92 Å². The maximum absolute atomic E-state index is 12.4.